The van der Waals surface area contributed by atoms with Crippen molar-refractivity contribution in [2.24, 2.45) is 0 Å². The second kappa shape index (κ2) is 4.85. The first-order valence-corrected chi connectivity index (χ1v) is 7.16. The van der Waals surface area contributed by atoms with E-state index in [-0.39, 0.29) is 0 Å². The highest BCUT2D eigenvalue weighted by molar-refractivity contribution is 5.53. The van der Waals surface area contributed by atoms with Gasteiger partial charge in [-0.15, -0.1) is 0 Å². The molecule has 2 N–H and O–H groups in total. The summed E-state index contributed by atoms with van der Waals surface area (Å²) in [5.74, 6) is 1.88. The fourth-order valence-corrected chi connectivity index (χ4v) is 3.18. The first-order chi connectivity index (χ1) is 9.18. The third-order valence-electron chi connectivity index (χ3n) is 4.11. The zero-order valence-electron chi connectivity index (χ0n) is 11.7. The maximum atomic E-state index is 6.13. The van der Waals surface area contributed by atoms with Crippen LogP contribution in [0.25, 0.3) is 5.52 Å². The molecule has 4 nitrogen and oxygen atoms in total. The number of hydrogen-bond acceptors (Lipinski definition) is 3. The van der Waals surface area contributed by atoms with Gasteiger partial charge in [-0.05, 0) is 45.4 Å². The Labute approximate surface area is 114 Å². The topological polar surface area (TPSA) is 46.6 Å². The van der Waals surface area contributed by atoms with E-state index in [1.807, 2.05) is 18.3 Å². The summed E-state index contributed by atoms with van der Waals surface area (Å²) in [7, 11) is 0. The Morgan fingerprint density at radius 1 is 1.32 bits per heavy atom. The van der Waals surface area contributed by atoms with E-state index in [1.165, 1.54) is 19.3 Å². The summed E-state index contributed by atoms with van der Waals surface area (Å²) in [4.78, 5) is 7.20. The maximum Gasteiger partial charge on any atom is 0.132 e. The molecule has 1 saturated heterocycles. The van der Waals surface area contributed by atoms with Crippen LogP contribution in [-0.4, -0.2) is 26.9 Å². The van der Waals surface area contributed by atoms with Gasteiger partial charge in [0.05, 0.1) is 17.8 Å². The van der Waals surface area contributed by atoms with Crippen LogP contribution in [0.4, 0.5) is 5.82 Å². The molecule has 1 fully saturated rings. The third kappa shape index (κ3) is 2.10. The standard InChI is InChI=1S/C15H22N4/c1-11(2)18-9-4-3-7-13(18)15-17-10-12-6-5-8-14(16)19(12)15/h5-6,8,10-11,13H,3-4,7,9,16H2,1-2H3. The van der Waals surface area contributed by atoms with E-state index >= 15 is 0 Å². The van der Waals surface area contributed by atoms with Gasteiger partial charge in [0.15, 0.2) is 0 Å². The Kier molecular flexibility index (Phi) is 3.19. The molecule has 1 unspecified atom stereocenters. The van der Waals surface area contributed by atoms with Crippen molar-refractivity contribution in [3.05, 3.63) is 30.2 Å². The van der Waals surface area contributed by atoms with Gasteiger partial charge < -0.3 is 5.73 Å². The molecule has 0 aliphatic carbocycles. The van der Waals surface area contributed by atoms with Gasteiger partial charge in [0.2, 0.25) is 0 Å². The summed E-state index contributed by atoms with van der Waals surface area (Å²) in [6.07, 6.45) is 5.66. The molecule has 19 heavy (non-hydrogen) atoms. The fourth-order valence-electron chi connectivity index (χ4n) is 3.18. The molecule has 2 aromatic rings. The Bertz CT molecular complexity index is 573. The van der Waals surface area contributed by atoms with Gasteiger partial charge in [-0.2, -0.15) is 0 Å². The van der Waals surface area contributed by atoms with Crippen LogP contribution in [0.5, 0.6) is 0 Å². The van der Waals surface area contributed by atoms with E-state index < -0.39 is 0 Å². The van der Waals surface area contributed by atoms with Crippen LogP contribution in [0.2, 0.25) is 0 Å². The molecule has 1 aliphatic rings. The summed E-state index contributed by atoms with van der Waals surface area (Å²) in [5, 5.41) is 0. The van der Waals surface area contributed by atoms with Crippen molar-refractivity contribution in [2.75, 3.05) is 12.3 Å². The number of nitrogen functional groups attached to an aromatic ring is 1. The van der Waals surface area contributed by atoms with E-state index in [1.54, 1.807) is 0 Å². The minimum Gasteiger partial charge on any atom is -0.385 e. The molecular weight excluding hydrogens is 236 g/mol. The Morgan fingerprint density at radius 3 is 2.95 bits per heavy atom. The number of imidazole rings is 1. The number of nitrogens with zero attached hydrogens (tertiary/aromatic N) is 3. The molecule has 4 heteroatoms. The molecule has 0 aromatic carbocycles. The van der Waals surface area contributed by atoms with Crippen molar-refractivity contribution in [1.82, 2.24) is 14.3 Å². The van der Waals surface area contributed by atoms with Crippen molar-refractivity contribution in [1.29, 1.82) is 0 Å². The molecule has 0 saturated carbocycles. The molecule has 0 amide bonds. The average Bonchev–Trinajstić information content (AvgIpc) is 2.84. The lowest BCUT2D eigenvalue weighted by Gasteiger charge is -2.37. The highest BCUT2D eigenvalue weighted by Crippen LogP contribution is 2.32. The summed E-state index contributed by atoms with van der Waals surface area (Å²) < 4.78 is 2.10. The molecule has 0 radical (unpaired) electrons. The second-order valence-electron chi connectivity index (χ2n) is 5.67. The van der Waals surface area contributed by atoms with Crippen molar-refractivity contribution < 1.29 is 0 Å². The van der Waals surface area contributed by atoms with Crippen LogP contribution in [-0.2, 0) is 0 Å². The highest BCUT2D eigenvalue weighted by Gasteiger charge is 2.29. The summed E-state index contributed by atoms with van der Waals surface area (Å²) in [6, 6.07) is 6.93. The molecule has 1 atom stereocenters. The lowest BCUT2D eigenvalue weighted by atomic mass is 10.00. The van der Waals surface area contributed by atoms with Gasteiger partial charge in [-0.25, -0.2) is 4.98 Å². The average molecular weight is 258 g/mol. The largest absolute Gasteiger partial charge is 0.385 e. The first-order valence-electron chi connectivity index (χ1n) is 7.16. The quantitative estimate of drug-likeness (QED) is 0.901. The molecule has 102 valence electrons. The van der Waals surface area contributed by atoms with Gasteiger partial charge in [-0.3, -0.25) is 9.30 Å². The second-order valence-corrected chi connectivity index (χ2v) is 5.67. The maximum absolute atomic E-state index is 6.13. The lowest BCUT2D eigenvalue weighted by molar-refractivity contribution is 0.106. The highest BCUT2D eigenvalue weighted by atomic mass is 15.2. The van der Waals surface area contributed by atoms with Crippen molar-refractivity contribution in [3.8, 4) is 0 Å². The first kappa shape index (κ1) is 12.5. The molecule has 1 aliphatic heterocycles. The fraction of sp³-hybridized carbons (Fsp3) is 0.533. The summed E-state index contributed by atoms with van der Waals surface area (Å²) >= 11 is 0. The Balaban J connectivity index is 2.07. The monoisotopic (exact) mass is 258 g/mol. The number of anilines is 1. The van der Waals surface area contributed by atoms with E-state index in [4.69, 9.17) is 5.73 Å². The van der Waals surface area contributed by atoms with Gasteiger partial charge in [0, 0.05) is 6.04 Å². The normalized spacial score (nSPS) is 21.3. The van der Waals surface area contributed by atoms with Crippen LogP contribution in [0.1, 0.15) is 45.0 Å². The van der Waals surface area contributed by atoms with Crippen molar-refractivity contribution in [2.45, 2.75) is 45.2 Å². The molecule has 3 rings (SSSR count). The van der Waals surface area contributed by atoms with Crippen LogP contribution in [0.3, 0.4) is 0 Å². The van der Waals surface area contributed by atoms with Gasteiger partial charge in [0.25, 0.3) is 0 Å². The van der Waals surface area contributed by atoms with E-state index in [0.29, 0.717) is 12.1 Å². The van der Waals surface area contributed by atoms with E-state index in [2.05, 4.69) is 34.2 Å². The molecular formula is C15H22N4. The van der Waals surface area contributed by atoms with Crippen LogP contribution in [0.15, 0.2) is 24.4 Å². The third-order valence-corrected chi connectivity index (χ3v) is 4.11. The summed E-state index contributed by atoms with van der Waals surface area (Å²) in [6.45, 7) is 5.68. The zero-order valence-corrected chi connectivity index (χ0v) is 11.7. The number of hydrogen-bond donors (Lipinski definition) is 1. The zero-order chi connectivity index (χ0) is 13.4. The molecule has 3 heterocycles. The molecule has 0 spiro atoms. The SMILES string of the molecule is CC(C)N1CCCCC1c1ncc2cccc(N)n12. The number of likely N-dealkylation sites (tertiary alicyclic amines) is 1. The minimum absolute atomic E-state index is 0.390. The Hall–Kier alpha value is -1.55. The van der Waals surface area contributed by atoms with E-state index in [9.17, 15) is 0 Å². The minimum atomic E-state index is 0.390. The number of pyridine rings is 1. The van der Waals surface area contributed by atoms with Crippen LogP contribution >= 0.6 is 0 Å². The van der Waals surface area contributed by atoms with Crippen LogP contribution in [0, 0.1) is 0 Å². The van der Waals surface area contributed by atoms with E-state index in [0.717, 1.165) is 23.7 Å². The molecule has 2 aromatic heterocycles. The van der Waals surface area contributed by atoms with Crippen LogP contribution < -0.4 is 5.73 Å². The Morgan fingerprint density at radius 2 is 2.16 bits per heavy atom. The van der Waals surface area contributed by atoms with Crippen molar-refractivity contribution in [3.63, 3.8) is 0 Å². The number of rotatable bonds is 2. The molecule has 0 bridgehead atoms. The summed E-state index contributed by atoms with van der Waals surface area (Å²) in [5.41, 5.74) is 7.22. The lowest BCUT2D eigenvalue weighted by Crippen LogP contribution is -2.39. The predicted octanol–water partition coefficient (Wildman–Crippen LogP) is 2.85. The van der Waals surface area contributed by atoms with Gasteiger partial charge in [-0.1, -0.05) is 12.5 Å². The van der Waals surface area contributed by atoms with Gasteiger partial charge >= 0.3 is 0 Å². The van der Waals surface area contributed by atoms with Crippen molar-refractivity contribution >= 4 is 11.3 Å². The smallest absolute Gasteiger partial charge is 0.132 e. The predicted molar refractivity (Wildman–Crippen MR) is 78.0 cm³/mol. The van der Waals surface area contributed by atoms with Gasteiger partial charge in [0.1, 0.15) is 11.6 Å². The number of piperidine rings is 1. The number of nitrogens with two attached hydrogens (primary N) is 1. The number of aromatic nitrogens is 2. The number of fused-ring (bicyclic) bond motifs is 1.